The Kier molecular flexibility index (Phi) is 3.90. The van der Waals surface area contributed by atoms with Crippen LogP contribution < -0.4 is 0 Å². The van der Waals surface area contributed by atoms with Crippen molar-refractivity contribution in [2.24, 2.45) is 5.92 Å². The zero-order valence-electron chi connectivity index (χ0n) is 12.1. The van der Waals surface area contributed by atoms with E-state index in [2.05, 4.69) is 40.8 Å². The predicted molar refractivity (Wildman–Crippen MR) is 80.1 cm³/mol. The Morgan fingerprint density at radius 2 is 1.82 bits per heavy atom. The quantitative estimate of drug-likeness (QED) is 0.564. The molecule has 1 amide bonds. The average Bonchev–Trinajstić information content (AvgIpc) is 2.36. The second-order valence-electron chi connectivity index (χ2n) is 6.66. The van der Waals surface area contributed by atoms with E-state index in [1.165, 1.54) is 0 Å². The lowest BCUT2D eigenvalue weighted by Gasteiger charge is -2.42. The molecular weight excluding hydrogens is 246 g/mol. The molecule has 0 bridgehead atoms. The number of carbonyl (C=O) groups excluding carboxylic acids is 1. The van der Waals surface area contributed by atoms with E-state index < -0.39 is 8.07 Å². The highest BCUT2D eigenvalue weighted by Crippen LogP contribution is 2.50. The van der Waals surface area contributed by atoms with Crippen LogP contribution in [-0.4, -0.2) is 30.4 Å². The van der Waals surface area contributed by atoms with Gasteiger partial charge in [-0.3, -0.25) is 4.79 Å². The van der Waals surface area contributed by atoms with Gasteiger partial charge in [0.2, 0.25) is 5.91 Å². The van der Waals surface area contributed by atoms with Crippen LogP contribution >= 0.6 is 12.2 Å². The topological polar surface area (TPSA) is 20.3 Å². The van der Waals surface area contributed by atoms with Gasteiger partial charge in [-0.05, 0) is 12.0 Å². The first-order valence-corrected chi connectivity index (χ1v) is 9.89. The summed E-state index contributed by atoms with van der Waals surface area (Å²) in [5, 5.41) is 0.264. The molecule has 98 valence electrons. The van der Waals surface area contributed by atoms with Crippen molar-refractivity contribution in [1.82, 2.24) is 4.90 Å². The number of rotatable bonds is 2. The van der Waals surface area contributed by atoms with E-state index in [0.29, 0.717) is 12.1 Å². The Morgan fingerprint density at radius 3 is 2.12 bits per heavy atom. The van der Waals surface area contributed by atoms with Crippen LogP contribution in [0.3, 0.4) is 0 Å². The minimum atomic E-state index is -1.60. The first kappa shape index (κ1) is 14.8. The summed E-state index contributed by atoms with van der Waals surface area (Å²) in [6.07, 6.45) is 0. The molecule has 0 aromatic heterocycles. The normalized spacial score (nSPS) is 26.9. The Hall–Kier alpha value is -0.223. The number of carbonyl (C=O) groups is 1. The van der Waals surface area contributed by atoms with Gasteiger partial charge in [0.15, 0.2) is 0 Å². The van der Waals surface area contributed by atoms with Crippen molar-refractivity contribution in [1.29, 1.82) is 0 Å². The molecule has 1 saturated heterocycles. The van der Waals surface area contributed by atoms with Crippen molar-refractivity contribution in [3.8, 4) is 0 Å². The molecule has 4 heteroatoms. The molecule has 0 radical (unpaired) electrons. The predicted octanol–water partition coefficient (Wildman–Crippen LogP) is 3.69. The minimum Gasteiger partial charge on any atom is -0.307 e. The first-order valence-electron chi connectivity index (χ1n) is 6.41. The molecule has 0 aliphatic carbocycles. The Balaban J connectivity index is 3.16. The minimum absolute atomic E-state index is 0.0725. The van der Waals surface area contributed by atoms with Crippen LogP contribution in [0, 0.1) is 5.92 Å². The lowest BCUT2D eigenvalue weighted by Crippen LogP contribution is -2.46. The van der Waals surface area contributed by atoms with Crippen molar-refractivity contribution in [2.45, 2.75) is 58.3 Å². The van der Waals surface area contributed by atoms with Gasteiger partial charge in [-0.1, -0.05) is 53.0 Å². The Morgan fingerprint density at radius 1 is 1.35 bits per heavy atom. The number of nitrogens with zero attached hydrogens (tertiary/aromatic N) is 1. The summed E-state index contributed by atoms with van der Waals surface area (Å²) in [5.41, 5.74) is 0.310. The summed E-state index contributed by atoms with van der Waals surface area (Å²) in [4.78, 5) is 14.9. The molecule has 1 aliphatic rings. The molecule has 2 atom stereocenters. The molecule has 2 nitrogen and oxygen atoms in total. The van der Waals surface area contributed by atoms with Crippen molar-refractivity contribution in [3.63, 3.8) is 0 Å². The van der Waals surface area contributed by atoms with Crippen LogP contribution in [0.2, 0.25) is 23.7 Å². The fourth-order valence-electron chi connectivity index (χ4n) is 2.59. The van der Waals surface area contributed by atoms with E-state index >= 15 is 0 Å². The molecular formula is C13H25NOSSi. The monoisotopic (exact) mass is 271 g/mol. The van der Waals surface area contributed by atoms with Gasteiger partial charge in [0.1, 0.15) is 0 Å². The summed E-state index contributed by atoms with van der Waals surface area (Å²) in [5.74, 6) is 0.302. The van der Waals surface area contributed by atoms with Crippen molar-refractivity contribution < 1.29 is 4.79 Å². The van der Waals surface area contributed by atoms with E-state index in [4.69, 9.17) is 12.2 Å². The summed E-state index contributed by atoms with van der Waals surface area (Å²) < 4.78 is 0. The zero-order chi connectivity index (χ0) is 13.6. The van der Waals surface area contributed by atoms with E-state index in [1.54, 1.807) is 0 Å². The van der Waals surface area contributed by atoms with Crippen LogP contribution in [-0.2, 0) is 4.79 Å². The zero-order valence-corrected chi connectivity index (χ0v) is 13.9. The van der Waals surface area contributed by atoms with Crippen LogP contribution in [0.5, 0.6) is 0 Å². The number of hydrogen-bond donors (Lipinski definition) is 0. The maximum absolute atomic E-state index is 12.2. The largest absolute Gasteiger partial charge is 0.307 e. The number of hydrogen-bond acceptors (Lipinski definition) is 2. The van der Waals surface area contributed by atoms with Crippen molar-refractivity contribution in [3.05, 3.63) is 0 Å². The van der Waals surface area contributed by atoms with Gasteiger partial charge < -0.3 is 4.90 Å². The first-order chi connectivity index (χ1) is 7.55. The highest BCUT2D eigenvalue weighted by atomic mass is 32.1. The molecule has 0 saturated carbocycles. The maximum Gasteiger partial charge on any atom is 0.230 e. The lowest BCUT2D eigenvalue weighted by atomic mass is 10.1. The maximum atomic E-state index is 12.2. The third-order valence-electron chi connectivity index (χ3n) is 4.71. The Bertz CT molecular complexity index is 346. The van der Waals surface area contributed by atoms with Crippen molar-refractivity contribution >= 4 is 31.2 Å². The third-order valence-corrected chi connectivity index (χ3v) is 11.6. The fraction of sp³-hybridized carbons (Fsp3) is 0.846. The molecule has 0 aromatic rings. The number of thiocarbonyl (C=S) groups is 1. The molecule has 0 unspecified atom stereocenters. The fourth-order valence-corrected chi connectivity index (χ4v) is 7.00. The Labute approximate surface area is 112 Å². The van der Waals surface area contributed by atoms with E-state index in [1.807, 2.05) is 11.8 Å². The third kappa shape index (κ3) is 2.21. The van der Waals surface area contributed by atoms with Crippen LogP contribution in [0.4, 0.5) is 0 Å². The highest BCUT2D eigenvalue weighted by molar-refractivity contribution is 7.80. The van der Waals surface area contributed by atoms with E-state index in [-0.39, 0.29) is 16.9 Å². The summed E-state index contributed by atoms with van der Waals surface area (Å²) >= 11 is 5.57. The summed E-state index contributed by atoms with van der Waals surface area (Å²) in [6.45, 7) is 16.4. The van der Waals surface area contributed by atoms with E-state index in [9.17, 15) is 4.79 Å². The molecule has 1 fully saturated rings. The molecule has 0 aromatic carbocycles. The molecule has 0 spiro atoms. The smallest absolute Gasteiger partial charge is 0.230 e. The average molecular weight is 272 g/mol. The van der Waals surface area contributed by atoms with Gasteiger partial charge in [0.25, 0.3) is 0 Å². The summed E-state index contributed by atoms with van der Waals surface area (Å²) in [6, 6.07) is 0. The van der Waals surface area contributed by atoms with Gasteiger partial charge in [0.05, 0.1) is 13.1 Å². The van der Waals surface area contributed by atoms with Crippen LogP contribution in [0.1, 0.15) is 34.6 Å². The second-order valence-corrected chi connectivity index (χ2v) is 12.6. The lowest BCUT2D eigenvalue weighted by molar-refractivity contribution is -0.128. The van der Waals surface area contributed by atoms with Gasteiger partial charge in [0, 0.05) is 18.0 Å². The molecule has 17 heavy (non-hydrogen) atoms. The SMILES string of the molecule is CCN1C(=O)[C@@H](C)[C@H]([Si](C)(C)C(C)(C)C)C1=S. The van der Waals surface area contributed by atoms with Gasteiger partial charge in [-0.15, -0.1) is 0 Å². The number of likely N-dealkylation sites (tertiary alicyclic amines) is 1. The van der Waals surface area contributed by atoms with Gasteiger partial charge >= 0.3 is 0 Å². The van der Waals surface area contributed by atoms with Crippen LogP contribution in [0.25, 0.3) is 0 Å². The van der Waals surface area contributed by atoms with Crippen LogP contribution in [0.15, 0.2) is 0 Å². The highest BCUT2D eigenvalue weighted by Gasteiger charge is 2.53. The molecule has 1 aliphatic heterocycles. The molecule has 1 heterocycles. The summed E-state index contributed by atoms with van der Waals surface area (Å²) in [7, 11) is -1.60. The van der Waals surface area contributed by atoms with Crippen molar-refractivity contribution in [2.75, 3.05) is 6.54 Å². The molecule has 0 N–H and O–H groups in total. The standard InChI is InChI=1S/C13H25NOSSi/c1-8-14-11(15)9(2)10(12(14)16)17(6,7)13(3,4)5/h9-10H,8H2,1-7H3/t9-,10-/m0/s1. The van der Waals surface area contributed by atoms with E-state index in [0.717, 1.165) is 4.99 Å². The molecule has 1 rings (SSSR count). The van der Waals surface area contributed by atoms with Gasteiger partial charge in [-0.2, -0.15) is 0 Å². The second kappa shape index (κ2) is 4.46. The van der Waals surface area contributed by atoms with Gasteiger partial charge in [-0.25, -0.2) is 0 Å². The number of amides is 1.